The lowest BCUT2D eigenvalue weighted by atomic mass is 9.70. The first-order valence-electron chi connectivity index (χ1n) is 9.10. The first-order valence-corrected chi connectivity index (χ1v) is 9.10. The largest absolute Gasteiger partial charge is 0.316 e. The van der Waals surface area contributed by atoms with Crippen LogP contribution in [-0.4, -0.2) is 13.1 Å². The van der Waals surface area contributed by atoms with Gasteiger partial charge in [-0.15, -0.1) is 0 Å². The zero-order valence-corrected chi connectivity index (χ0v) is 14.4. The third-order valence-electron chi connectivity index (χ3n) is 6.12. The molecule has 1 nitrogen and oxygen atoms in total. The second-order valence-electron chi connectivity index (χ2n) is 9.09. The molecule has 0 aromatic carbocycles. The summed E-state index contributed by atoms with van der Waals surface area (Å²) in [6.45, 7) is 12.3. The van der Waals surface area contributed by atoms with Gasteiger partial charge in [0.2, 0.25) is 0 Å². The molecule has 1 N–H and O–H groups in total. The van der Waals surface area contributed by atoms with Crippen LogP contribution in [0.1, 0.15) is 85.5 Å². The molecule has 0 bridgehead atoms. The van der Waals surface area contributed by atoms with E-state index in [9.17, 15) is 0 Å². The van der Waals surface area contributed by atoms with Gasteiger partial charge in [0.15, 0.2) is 0 Å². The van der Waals surface area contributed by atoms with Gasteiger partial charge in [-0.05, 0) is 67.7 Å². The maximum Gasteiger partial charge on any atom is 0.000527 e. The summed E-state index contributed by atoms with van der Waals surface area (Å²) in [6, 6.07) is 0. The number of hydrogen-bond acceptors (Lipinski definition) is 1. The SMILES string of the molecule is CC1(CNCC2CCC(C(C)(C)C)CC2)CCCCC1. The Bertz CT molecular complexity index is 275. The van der Waals surface area contributed by atoms with E-state index in [4.69, 9.17) is 0 Å². The van der Waals surface area contributed by atoms with Gasteiger partial charge in [-0.1, -0.05) is 47.0 Å². The first kappa shape index (κ1) is 16.3. The van der Waals surface area contributed by atoms with Gasteiger partial charge in [0.1, 0.15) is 0 Å². The molecule has 0 atom stereocenters. The summed E-state index contributed by atoms with van der Waals surface area (Å²) >= 11 is 0. The molecule has 2 rings (SSSR count). The summed E-state index contributed by atoms with van der Waals surface area (Å²) in [7, 11) is 0. The van der Waals surface area contributed by atoms with Crippen molar-refractivity contribution in [2.45, 2.75) is 85.5 Å². The molecule has 2 aliphatic carbocycles. The van der Waals surface area contributed by atoms with Crippen LogP contribution in [0.25, 0.3) is 0 Å². The average molecular weight is 280 g/mol. The maximum atomic E-state index is 3.82. The van der Waals surface area contributed by atoms with Crippen LogP contribution < -0.4 is 5.32 Å². The predicted octanol–water partition coefficient (Wildman–Crippen LogP) is 5.40. The highest BCUT2D eigenvalue weighted by atomic mass is 14.9. The van der Waals surface area contributed by atoms with Crippen molar-refractivity contribution in [3.8, 4) is 0 Å². The fourth-order valence-corrected chi connectivity index (χ4v) is 4.39. The van der Waals surface area contributed by atoms with Crippen molar-refractivity contribution < 1.29 is 0 Å². The Morgan fingerprint density at radius 1 is 0.950 bits per heavy atom. The van der Waals surface area contributed by atoms with E-state index in [0.717, 1.165) is 11.8 Å². The molecule has 0 saturated heterocycles. The minimum absolute atomic E-state index is 0.522. The van der Waals surface area contributed by atoms with Crippen LogP contribution in [0.2, 0.25) is 0 Å². The van der Waals surface area contributed by atoms with Gasteiger partial charge in [0.25, 0.3) is 0 Å². The molecular formula is C19H37N. The molecule has 0 unspecified atom stereocenters. The van der Waals surface area contributed by atoms with E-state index in [0.29, 0.717) is 10.8 Å². The van der Waals surface area contributed by atoms with E-state index >= 15 is 0 Å². The lowest BCUT2D eigenvalue weighted by molar-refractivity contribution is 0.144. The van der Waals surface area contributed by atoms with Crippen LogP contribution in [0.5, 0.6) is 0 Å². The molecule has 0 aromatic heterocycles. The van der Waals surface area contributed by atoms with Crippen LogP contribution >= 0.6 is 0 Å². The lowest BCUT2D eigenvalue weighted by Gasteiger charge is -2.38. The van der Waals surface area contributed by atoms with Crippen molar-refractivity contribution in [2.75, 3.05) is 13.1 Å². The Balaban J connectivity index is 1.64. The lowest BCUT2D eigenvalue weighted by Crippen LogP contribution is -2.37. The Kier molecular flexibility index (Phi) is 5.56. The first-order chi connectivity index (χ1) is 9.39. The van der Waals surface area contributed by atoms with Crippen LogP contribution in [0.15, 0.2) is 0 Å². The average Bonchev–Trinajstić information content (AvgIpc) is 2.39. The molecule has 0 amide bonds. The molecule has 0 spiro atoms. The Morgan fingerprint density at radius 2 is 1.55 bits per heavy atom. The summed E-state index contributed by atoms with van der Waals surface area (Å²) < 4.78 is 0. The summed E-state index contributed by atoms with van der Waals surface area (Å²) in [5, 5.41) is 3.82. The van der Waals surface area contributed by atoms with Crippen molar-refractivity contribution in [1.29, 1.82) is 0 Å². The normalized spacial score (nSPS) is 31.2. The van der Waals surface area contributed by atoms with Crippen molar-refractivity contribution in [3.05, 3.63) is 0 Å². The Labute approximate surface area is 127 Å². The summed E-state index contributed by atoms with van der Waals surface area (Å²) in [6.07, 6.45) is 13.1. The van der Waals surface area contributed by atoms with Crippen molar-refractivity contribution in [1.82, 2.24) is 5.32 Å². The monoisotopic (exact) mass is 279 g/mol. The molecule has 0 heterocycles. The Morgan fingerprint density at radius 3 is 2.10 bits per heavy atom. The van der Waals surface area contributed by atoms with Crippen molar-refractivity contribution in [2.24, 2.45) is 22.7 Å². The minimum atomic E-state index is 0.522. The van der Waals surface area contributed by atoms with E-state index in [1.807, 2.05) is 0 Å². The Hall–Kier alpha value is -0.0400. The number of rotatable bonds is 4. The highest BCUT2D eigenvalue weighted by Crippen LogP contribution is 2.40. The van der Waals surface area contributed by atoms with E-state index in [-0.39, 0.29) is 0 Å². The van der Waals surface area contributed by atoms with Crippen LogP contribution in [-0.2, 0) is 0 Å². The number of hydrogen-bond donors (Lipinski definition) is 1. The zero-order valence-electron chi connectivity index (χ0n) is 14.4. The second kappa shape index (κ2) is 6.81. The quantitative estimate of drug-likeness (QED) is 0.726. The van der Waals surface area contributed by atoms with Crippen molar-refractivity contribution in [3.63, 3.8) is 0 Å². The van der Waals surface area contributed by atoms with Gasteiger partial charge in [-0.2, -0.15) is 0 Å². The van der Waals surface area contributed by atoms with E-state index in [2.05, 4.69) is 33.0 Å². The smallest absolute Gasteiger partial charge is 0.000527 e. The van der Waals surface area contributed by atoms with Gasteiger partial charge >= 0.3 is 0 Å². The van der Waals surface area contributed by atoms with E-state index in [1.165, 1.54) is 70.9 Å². The fraction of sp³-hybridized carbons (Fsp3) is 1.00. The molecule has 2 fully saturated rings. The standard InChI is InChI=1S/C19H37N/c1-18(2,3)17-10-8-16(9-11-17)14-20-15-19(4)12-6-5-7-13-19/h16-17,20H,5-15H2,1-4H3. The summed E-state index contributed by atoms with van der Waals surface area (Å²) in [4.78, 5) is 0. The van der Waals surface area contributed by atoms with Crippen LogP contribution in [0.3, 0.4) is 0 Å². The van der Waals surface area contributed by atoms with Crippen molar-refractivity contribution >= 4 is 0 Å². The van der Waals surface area contributed by atoms with Gasteiger partial charge < -0.3 is 5.32 Å². The third-order valence-corrected chi connectivity index (χ3v) is 6.12. The van der Waals surface area contributed by atoms with E-state index in [1.54, 1.807) is 0 Å². The summed E-state index contributed by atoms with van der Waals surface area (Å²) in [5.74, 6) is 1.90. The summed E-state index contributed by atoms with van der Waals surface area (Å²) in [5.41, 5.74) is 1.12. The van der Waals surface area contributed by atoms with Gasteiger partial charge in [0.05, 0.1) is 0 Å². The highest BCUT2D eigenvalue weighted by molar-refractivity contribution is 4.83. The number of nitrogens with one attached hydrogen (secondary N) is 1. The molecule has 118 valence electrons. The van der Waals surface area contributed by atoms with E-state index < -0.39 is 0 Å². The van der Waals surface area contributed by atoms with Gasteiger partial charge in [0, 0.05) is 6.54 Å². The highest BCUT2D eigenvalue weighted by Gasteiger charge is 2.30. The molecule has 2 aliphatic rings. The molecule has 0 aromatic rings. The van der Waals surface area contributed by atoms with Crippen LogP contribution in [0.4, 0.5) is 0 Å². The maximum absolute atomic E-state index is 3.82. The zero-order chi connectivity index (χ0) is 14.6. The van der Waals surface area contributed by atoms with Gasteiger partial charge in [-0.3, -0.25) is 0 Å². The van der Waals surface area contributed by atoms with Gasteiger partial charge in [-0.25, -0.2) is 0 Å². The molecule has 1 heteroatoms. The molecular weight excluding hydrogens is 242 g/mol. The second-order valence-corrected chi connectivity index (χ2v) is 9.09. The van der Waals surface area contributed by atoms with Crippen LogP contribution in [0, 0.1) is 22.7 Å². The molecule has 0 aliphatic heterocycles. The fourth-order valence-electron chi connectivity index (χ4n) is 4.39. The minimum Gasteiger partial charge on any atom is -0.316 e. The third kappa shape index (κ3) is 4.76. The molecule has 2 saturated carbocycles. The predicted molar refractivity (Wildman–Crippen MR) is 89.0 cm³/mol. The molecule has 20 heavy (non-hydrogen) atoms. The topological polar surface area (TPSA) is 12.0 Å². The molecule has 0 radical (unpaired) electrons.